The van der Waals surface area contributed by atoms with Crippen molar-refractivity contribution in [3.63, 3.8) is 0 Å². The highest BCUT2D eigenvalue weighted by Crippen LogP contribution is 2.29. The lowest BCUT2D eigenvalue weighted by molar-refractivity contribution is 0.855. The smallest absolute Gasteiger partial charge is 0.0405 e. The predicted molar refractivity (Wildman–Crippen MR) is 60.8 cm³/mol. The van der Waals surface area contributed by atoms with Crippen molar-refractivity contribution in [2.45, 2.75) is 16.1 Å². The zero-order chi connectivity index (χ0) is 8.97. The van der Waals surface area contributed by atoms with Crippen LogP contribution in [0, 0.1) is 6.92 Å². The van der Waals surface area contributed by atoms with E-state index < -0.39 is 0 Å². The van der Waals surface area contributed by atoms with Crippen molar-refractivity contribution in [1.82, 2.24) is 0 Å². The molecule has 0 fully saturated rings. The molecule has 0 bridgehead atoms. The lowest BCUT2D eigenvalue weighted by atomic mass is 10.1. The fraction of sp³-hybridized carbons (Fsp3) is 0.300. The highest BCUT2D eigenvalue weighted by atomic mass is 79.9. The summed E-state index contributed by atoms with van der Waals surface area (Å²) in [5, 5.41) is 0. The minimum Gasteiger partial charge on any atom is -0.0890 e. The Hall–Kier alpha value is 0.180. The molecular formula is C10H11Br2. The first-order chi connectivity index (χ1) is 5.70. The number of alkyl halides is 2. The Morgan fingerprint density at radius 2 is 1.75 bits per heavy atom. The SMILES string of the molecule is [CH2]C(Br)CC(Br)c1ccccc1. The van der Waals surface area contributed by atoms with Crippen LogP contribution in [0.25, 0.3) is 0 Å². The zero-order valence-corrected chi connectivity index (χ0v) is 9.88. The van der Waals surface area contributed by atoms with Gasteiger partial charge in [-0.25, -0.2) is 0 Å². The Balaban J connectivity index is 2.59. The van der Waals surface area contributed by atoms with Gasteiger partial charge < -0.3 is 0 Å². The lowest BCUT2D eigenvalue weighted by Crippen LogP contribution is -1.97. The van der Waals surface area contributed by atoms with Gasteiger partial charge in [0.2, 0.25) is 0 Å². The third-order valence-electron chi connectivity index (χ3n) is 1.62. The molecule has 0 saturated heterocycles. The predicted octanol–water partition coefficient (Wildman–Crippen LogP) is 4.11. The van der Waals surface area contributed by atoms with Gasteiger partial charge in [-0.15, -0.1) is 0 Å². The number of rotatable bonds is 3. The van der Waals surface area contributed by atoms with Crippen LogP contribution < -0.4 is 0 Å². The Kier molecular flexibility index (Phi) is 4.30. The molecule has 0 saturated carbocycles. The third-order valence-corrected chi connectivity index (χ3v) is 2.90. The van der Waals surface area contributed by atoms with Gasteiger partial charge in [0, 0.05) is 9.65 Å². The van der Waals surface area contributed by atoms with E-state index in [0.717, 1.165) is 6.42 Å². The summed E-state index contributed by atoms with van der Waals surface area (Å²) in [6.07, 6.45) is 1.00. The van der Waals surface area contributed by atoms with Crippen LogP contribution in [-0.4, -0.2) is 4.83 Å². The second-order valence-electron chi connectivity index (χ2n) is 2.71. The number of hydrogen-bond donors (Lipinski definition) is 0. The Labute approximate surface area is 90.6 Å². The van der Waals surface area contributed by atoms with Crippen LogP contribution in [0.4, 0.5) is 0 Å². The fourth-order valence-electron chi connectivity index (χ4n) is 1.02. The van der Waals surface area contributed by atoms with Gasteiger partial charge in [-0.2, -0.15) is 0 Å². The van der Waals surface area contributed by atoms with Crippen LogP contribution in [-0.2, 0) is 0 Å². The zero-order valence-electron chi connectivity index (χ0n) is 6.71. The molecule has 2 atom stereocenters. The highest BCUT2D eigenvalue weighted by Gasteiger charge is 2.08. The first-order valence-corrected chi connectivity index (χ1v) is 5.69. The lowest BCUT2D eigenvalue weighted by Gasteiger charge is -2.10. The molecule has 0 aromatic heterocycles. The highest BCUT2D eigenvalue weighted by molar-refractivity contribution is 9.10. The minimum atomic E-state index is 0.307. The van der Waals surface area contributed by atoms with E-state index in [1.165, 1.54) is 5.56 Å². The van der Waals surface area contributed by atoms with Gasteiger partial charge in [-0.1, -0.05) is 62.2 Å². The normalized spacial score (nSPS) is 15.6. The van der Waals surface area contributed by atoms with Crippen LogP contribution in [0.5, 0.6) is 0 Å². The molecule has 2 heteroatoms. The summed E-state index contributed by atoms with van der Waals surface area (Å²) in [7, 11) is 0. The quantitative estimate of drug-likeness (QED) is 0.735. The minimum absolute atomic E-state index is 0.307. The topological polar surface area (TPSA) is 0 Å². The van der Waals surface area contributed by atoms with Gasteiger partial charge in [0.1, 0.15) is 0 Å². The van der Waals surface area contributed by atoms with Crippen LogP contribution in [0.15, 0.2) is 30.3 Å². The molecule has 0 aliphatic heterocycles. The molecular weight excluding hydrogens is 280 g/mol. The van der Waals surface area contributed by atoms with E-state index in [1.807, 2.05) is 6.07 Å². The van der Waals surface area contributed by atoms with Crippen molar-refractivity contribution >= 4 is 31.9 Å². The second kappa shape index (κ2) is 5.03. The Morgan fingerprint density at radius 3 is 2.25 bits per heavy atom. The van der Waals surface area contributed by atoms with E-state index in [-0.39, 0.29) is 0 Å². The van der Waals surface area contributed by atoms with E-state index in [2.05, 4.69) is 63.0 Å². The van der Waals surface area contributed by atoms with Crippen molar-refractivity contribution in [3.05, 3.63) is 42.8 Å². The number of benzene rings is 1. The maximum absolute atomic E-state index is 3.89. The average Bonchev–Trinajstić information content (AvgIpc) is 2.05. The molecule has 1 radical (unpaired) electrons. The summed E-state index contributed by atoms with van der Waals surface area (Å²) in [6.45, 7) is 3.89. The van der Waals surface area contributed by atoms with Crippen molar-refractivity contribution in [2.24, 2.45) is 0 Å². The van der Waals surface area contributed by atoms with E-state index in [1.54, 1.807) is 0 Å². The standard InChI is InChI=1S/C10H11Br2/c1-8(11)7-10(12)9-5-3-2-4-6-9/h2-6,8,10H,1,7H2. The van der Waals surface area contributed by atoms with Crippen LogP contribution in [0.2, 0.25) is 0 Å². The van der Waals surface area contributed by atoms with E-state index in [9.17, 15) is 0 Å². The van der Waals surface area contributed by atoms with Crippen LogP contribution >= 0.6 is 31.9 Å². The molecule has 65 valence electrons. The Bertz CT molecular complexity index is 219. The Morgan fingerprint density at radius 1 is 1.17 bits per heavy atom. The van der Waals surface area contributed by atoms with Crippen molar-refractivity contribution in [2.75, 3.05) is 0 Å². The molecule has 0 N–H and O–H groups in total. The molecule has 0 nitrogen and oxygen atoms in total. The maximum Gasteiger partial charge on any atom is 0.0405 e. The summed E-state index contributed by atoms with van der Waals surface area (Å²) < 4.78 is 0. The van der Waals surface area contributed by atoms with E-state index >= 15 is 0 Å². The van der Waals surface area contributed by atoms with Crippen molar-refractivity contribution < 1.29 is 0 Å². The van der Waals surface area contributed by atoms with Gasteiger partial charge in [0.15, 0.2) is 0 Å². The largest absolute Gasteiger partial charge is 0.0890 e. The molecule has 1 aromatic rings. The first-order valence-electron chi connectivity index (χ1n) is 3.86. The summed E-state index contributed by atoms with van der Waals surface area (Å²) >= 11 is 7.05. The molecule has 0 aliphatic rings. The van der Waals surface area contributed by atoms with Gasteiger partial charge in [-0.3, -0.25) is 0 Å². The van der Waals surface area contributed by atoms with E-state index in [4.69, 9.17) is 0 Å². The number of halogens is 2. The molecule has 0 heterocycles. The van der Waals surface area contributed by atoms with Crippen molar-refractivity contribution in [1.29, 1.82) is 0 Å². The summed E-state index contributed by atoms with van der Waals surface area (Å²) in [5.74, 6) is 0. The van der Waals surface area contributed by atoms with E-state index in [0.29, 0.717) is 9.65 Å². The summed E-state index contributed by atoms with van der Waals surface area (Å²) in [4.78, 5) is 0.711. The molecule has 2 unspecified atom stereocenters. The second-order valence-corrected chi connectivity index (χ2v) is 5.11. The molecule has 12 heavy (non-hydrogen) atoms. The molecule has 1 rings (SSSR count). The van der Waals surface area contributed by atoms with Gasteiger partial charge in [-0.05, 0) is 18.9 Å². The van der Waals surface area contributed by atoms with Crippen LogP contribution in [0.1, 0.15) is 16.8 Å². The first kappa shape index (κ1) is 10.3. The molecule has 1 aromatic carbocycles. The van der Waals surface area contributed by atoms with Gasteiger partial charge >= 0.3 is 0 Å². The maximum atomic E-state index is 3.89. The average molecular weight is 291 g/mol. The third kappa shape index (κ3) is 3.28. The van der Waals surface area contributed by atoms with Gasteiger partial charge in [0.05, 0.1) is 0 Å². The van der Waals surface area contributed by atoms with Crippen molar-refractivity contribution in [3.8, 4) is 0 Å². The summed E-state index contributed by atoms with van der Waals surface area (Å²) in [5.41, 5.74) is 1.31. The van der Waals surface area contributed by atoms with Gasteiger partial charge in [0.25, 0.3) is 0 Å². The summed E-state index contributed by atoms with van der Waals surface area (Å²) in [6, 6.07) is 10.4. The molecule has 0 aliphatic carbocycles. The van der Waals surface area contributed by atoms with Crippen LogP contribution in [0.3, 0.4) is 0 Å². The monoisotopic (exact) mass is 289 g/mol. The molecule has 0 spiro atoms. The fourth-order valence-corrected chi connectivity index (χ4v) is 2.65. The number of hydrogen-bond acceptors (Lipinski definition) is 0. The molecule has 0 amide bonds.